The fraction of sp³-hybridized carbons (Fsp3) is 0.938. The number of rotatable bonds is 10. The van der Waals surface area contributed by atoms with Crippen molar-refractivity contribution in [1.82, 2.24) is 0 Å². The predicted molar refractivity (Wildman–Crippen MR) is 76.6 cm³/mol. The van der Waals surface area contributed by atoms with Gasteiger partial charge in [-0.2, -0.15) is 0 Å². The van der Waals surface area contributed by atoms with Crippen LogP contribution in [0.1, 0.15) is 58.3 Å². The molecule has 4 nitrogen and oxygen atoms in total. The molecule has 20 heavy (non-hydrogen) atoms. The minimum atomic E-state index is -0.611. The minimum absolute atomic E-state index is 0.192. The average Bonchev–Trinajstić information content (AvgIpc) is 3.06. The fourth-order valence-electron chi connectivity index (χ4n) is 2.98. The van der Waals surface area contributed by atoms with E-state index in [1.54, 1.807) is 0 Å². The lowest BCUT2D eigenvalue weighted by atomic mass is 10.0. The Morgan fingerprint density at radius 2 is 2.00 bits per heavy atom. The van der Waals surface area contributed by atoms with Crippen LogP contribution in [0.15, 0.2) is 0 Å². The van der Waals surface area contributed by atoms with Gasteiger partial charge in [0.2, 0.25) is 0 Å². The quantitative estimate of drug-likeness (QED) is 0.351. The molecule has 0 bridgehead atoms. The molecule has 0 amide bonds. The molecule has 0 aromatic heterocycles. The standard InChI is InChI=1S/C16H28O4/c1-2-19-15(17)16(13-20-16)10-5-6-11-18-12-9-14-7-3-4-8-14/h14H,2-13H2,1H3. The van der Waals surface area contributed by atoms with Gasteiger partial charge in [0.05, 0.1) is 13.2 Å². The molecule has 116 valence electrons. The summed E-state index contributed by atoms with van der Waals surface area (Å²) in [4.78, 5) is 11.7. The van der Waals surface area contributed by atoms with E-state index in [9.17, 15) is 4.79 Å². The Balaban J connectivity index is 1.44. The van der Waals surface area contributed by atoms with Crippen molar-refractivity contribution < 1.29 is 19.0 Å². The highest BCUT2D eigenvalue weighted by molar-refractivity contribution is 5.82. The molecule has 2 fully saturated rings. The van der Waals surface area contributed by atoms with E-state index in [0.29, 0.717) is 13.2 Å². The van der Waals surface area contributed by atoms with Crippen LogP contribution in [0.5, 0.6) is 0 Å². The number of carbonyl (C=O) groups excluding carboxylic acids is 1. The number of hydrogen-bond acceptors (Lipinski definition) is 4. The number of esters is 1. The summed E-state index contributed by atoms with van der Waals surface area (Å²) in [5.74, 6) is 0.712. The second kappa shape index (κ2) is 7.99. The van der Waals surface area contributed by atoms with Crippen molar-refractivity contribution >= 4 is 5.97 Å². The highest BCUT2D eigenvalue weighted by Gasteiger charge is 2.52. The number of ether oxygens (including phenoxy) is 3. The van der Waals surface area contributed by atoms with Crippen LogP contribution in [-0.4, -0.2) is 38.0 Å². The zero-order valence-electron chi connectivity index (χ0n) is 12.7. The summed E-state index contributed by atoms with van der Waals surface area (Å²) in [5.41, 5.74) is -0.611. The van der Waals surface area contributed by atoms with Gasteiger partial charge in [-0.25, -0.2) is 4.79 Å². The molecule has 1 saturated heterocycles. The molecule has 4 heteroatoms. The first-order chi connectivity index (χ1) is 9.77. The smallest absolute Gasteiger partial charge is 0.340 e. The van der Waals surface area contributed by atoms with Gasteiger partial charge in [0.15, 0.2) is 5.60 Å². The summed E-state index contributed by atoms with van der Waals surface area (Å²) in [7, 11) is 0. The Labute approximate surface area is 122 Å². The van der Waals surface area contributed by atoms with Gasteiger partial charge in [0.25, 0.3) is 0 Å². The first kappa shape index (κ1) is 15.8. The molecule has 1 unspecified atom stereocenters. The van der Waals surface area contributed by atoms with E-state index in [-0.39, 0.29) is 5.97 Å². The van der Waals surface area contributed by atoms with Crippen LogP contribution in [0.3, 0.4) is 0 Å². The van der Waals surface area contributed by atoms with Crippen LogP contribution in [0.4, 0.5) is 0 Å². The average molecular weight is 284 g/mol. The molecule has 1 saturated carbocycles. The van der Waals surface area contributed by atoms with Crippen molar-refractivity contribution in [3.05, 3.63) is 0 Å². The largest absolute Gasteiger partial charge is 0.464 e. The number of hydrogen-bond donors (Lipinski definition) is 0. The van der Waals surface area contributed by atoms with Crippen molar-refractivity contribution in [2.24, 2.45) is 5.92 Å². The maximum Gasteiger partial charge on any atom is 0.340 e. The third kappa shape index (κ3) is 4.74. The molecule has 1 aliphatic carbocycles. The Kier molecular flexibility index (Phi) is 6.30. The first-order valence-electron chi connectivity index (χ1n) is 8.16. The molecule has 2 rings (SSSR count). The third-order valence-corrected chi connectivity index (χ3v) is 4.40. The second-order valence-electron chi connectivity index (χ2n) is 6.01. The molecule has 0 N–H and O–H groups in total. The number of epoxide rings is 1. The zero-order valence-corrected chi connectivity index (χ0v) is 12.7. The topological polar surface area (TPSA) is 48.1 Å². The van der Waals surface area contributed by atoms with E-state index in [0.717, 1.165) is 38.4 Å². The van der Waals surface area contributed by atoms with Crippen molar-refractivity contribution in [2.45, 2.75) is 63.9 Å². The highest BCUT2D eigenvalue weighted by atomic mass is 16.6. The van der Waals surface area contributed by atoms with E-state index in [4.69, 9.17) is 14.2 Å². The van der Waals surface area contributed by atoms with Gasteiger partial charge in [-0.3, -0.25) is 0 Å². The van der Waals surface area contributed by atoms with Crippen LogP contribution >= 0.6 is 0 Å². The minimum Gasteiger partial charge on any atom is -0.464 e. The summed E-state index contributed by atoms with van der Waals surface area (Å²) in [6.07, 6.45) is 9.53. The Morgan fingerprint density at radius 3 is 2.65 bits per heavy atom. The van der Waals surface area contributed by atoms with Gasteiger partial charge in [-0.05, 0) is 38.5 Å². The molecule has 0 radical (unpaired) electrons. The van der Waals surface area contributed by atoms with E-state index in [1.165, 1.54) is 32.1 Å². The molecule has 1 aliphatic heterocycles. The van der Waals surface area contributed by atoms with Gasteiger partial charge in [-0.15, -0.1) is 0 Å². The highest BCUT2D eigenvalue weighted by Crippen LogP contribution is 2.34. The number of unbranched alkanes of at least 4 members (excludes halogenated alkanes) is 1. The Morgan fingerprint density at radius 1 is 1.25 bits per heavy atom. The van der Waals surface area contributed by atoms with Gasteiger partial charge in [0.1, 0.15) is 0 Å². The predicted octanol–water partition coefficient (Wildman–Crippen LogP) is 3.09. The summed E-state index contributed by atoms with van der Waals surface area (Å²) >= 11 is 0. The molecule has 0 spiro atoms. The van der Waals surface area contributed by atoms with Crippen molar-refractivity contribution in [3.8, 4) is 0 Å². The molecule has 2 aliphatic rings. The monoisotopic (exact) mass is 284 g/mol. The molecule has 1 atom stereocenters. The van der Waals surface area contributed by atoms with Crippen molar-refractivity contribution in [2.75, 3.05) is 26.4 Å². The van der Waals surface area contributed by atoms with Crippen LogP contribution in [0.25, 0.3) is 0 Å². The van der Waals surface area contributed by atoms with Gasteiger partial charge < -0.3 is 14.2 Å². The van der Waals surface area contributed by atoms with Crippen molar-refractivity contribution in [1.29, 1.82) is 0 Å². The lowest BCUT2D eigenvalue weighted by molar-refractivity contribution is -0.149. The van der Waals surface area contributed by atoms with Gasteiger partial charge in [-0.1, -0.05) is 25.7 Å². The van der Waals surface area contributed by atoms with Gasteiger partial charge in [0, 0.05) is 13.2 Å². The lowest BCUT2D eigenvalue weighted by Crippen LogP contribution is -2.27. The van der Waals surface area contributed by atoms with Crippen LogP contribution in [0, 0.1) is 5.92 Å². The summed E-state index contributed by atoms with van der Waals surface area (Å²) < 4.78 is 16.0. The molecular weight excluding hydrogens is 256 g/mol. The van der Waals surface area contributed by atoms with E-state index in [2.05, 4.69) is 0 Å². The SMILES string of the molecule is CCOC(=O)C1(CCCCOCCC2CCCC2)CO1. The summed E-state index contributed by atoms with van der Waals surface area (Å²) in [6.45, 7) is 4.46. The summed E-state index contributed by atoms with van der Waals surface area (Å²) in [6, 6.07) is 0. The van der Waals surface area contributed by atoms with E-state index < -0.39 is 5.60 Å². The maximum absolute atomic E-state index is 11.7. The molecule has 1 heterocycles. The van der Waals surface area contributed by atoms with Crippen LogP contribution in [-0.2, 0) is 19.0 Å². The van der Waals surface area contributed by atoms with E-state index in [1.807, 2.05) is 6.92 Å². The van der Waals surface area contributed by atoms with Gasteiger partial charge >= 0.3 is 5.97 Å². The fourth-order valence-corrected chi connectivity index (χ4v) is 2.98. The lowest BCUT2D eigenvalue weighted by Gasteiger charge is -2.11. The van der Waals surface area contributed by atoms with Crippen LogP contribution < -0.4 is 0 Å². The van der Waals surface area contributed by atoms with E-state index >= 15 is 0 Å². The maximum atomic E-state index is 11.7. The number of carbonyl (C=O) groups is 1. The Hall–Kier alpha value is -0.610. The normalized spacial score (nSPS) is 25.9. The Bertz CT molecular complexity index is 293. The second-order valence-corrected chi connectivity index (χ2v) is 6.01. The zero-order chi connectivity index (χ0) is 14.3. The first-order valence-corrected chi connectivity index (χ1v) is 8.16. The summed E-state index contributed by atoms with van der Waals surface area (Å²) in [5, 5.41) is 0. The molecule has 0 aromatic rings. The van der Waals surface area contributed by atoms with Crippen LogP contribution in [0.2, 0.25) is 0 Å². The third-order valence-electron chi connectivity index (χ3n) is 4.40. The van der Waals surface area contributed by atoms with Crippen molar-refractivity contribution in [3.63, 3.8) is 0 Å². The molecule has 0 aromatic carbocycles. The molecular formula is C16H28O4.